The Kier molecular flexibility index (Phi) is 4.11. The Labute approximate surface area is 138 Å². The maximum atomic E-state index is 12.1. The minimum absolute atomic E-state index is 0.174. The van der Waals surface area contributed by atoms with E-state index in [1.807, 2.05) is 26.8 Å². The van der Waals surface area contributed by atoms with Crippen molar-refractivity contribution >= 4 is 11.6 Å². The Morgan fingerprint density at radius 2 is 1.92 bits per heavy atom. The molecule has 3 aromatic rings. The summed E-state index contributed by atoms with van der Waals surface area (Å²) in [6.45, 7) is 7.44. The van der Waals surface area contributed by atoms with Gasteiger partial charge in [0.25, 0.3) is 5.95 Å². The van der Waals surface area contributed by atoms with Crippen LogP contribution < -0.4 is 5.32 Å². The van der Waals surface area contributed by atoms with Gasteiger partial charge in [-0.05, 0) is 33.8 Å². The molecule has 3 rings (SSSR count). The molecule has 0 spiro atoms. The highest BCUT2D eigenvalue weighted by Crippen LogP contribution is 2.14. The Morgan fingerprint density at radius 1 is 1.21 bits per heavy atom. The summed E-state index contributed by atoms with van der Waals surface area (Å²) in [6.07, 6.45) is 3.31. The second-order valence-electron chi connectivity index (χ2n) is 5.64. The zero-order chi connectivity index (χ0) is 17.3. The van der Waals surface area contributed by atoms with Gasteiger partial charge in [0.1, 0.15) is 5.76 Å². The number of carbonyl (C=O) groups excluding carboxylic acids is 1. The van der Waals surface area contributed by atoms with Crippen molar-refractivity contribution in [3.63, 3.8) is 0 Å². The highest BCUT2D eigenvalue weighted by molar-refractivity contribution is 5.92. The lowest BCUT2D eigenvalue weighted by Crippen LogP contribution is -2.16. The van der Waals surface area contributed by atoms with E-state index in [1.165, 1.54) is 0 Å². The molecule has 0 saturated heterocycles. The van der Waals surface area contributed by atoms with Gasteiger partial charge < -0.3 is 9.84 Å². The molecule has 0 bridgehead atoms. The van der Waals surface area contributed by atoms with Crippen molar-refractivity contribution in [2.45, 2.75) is 34.1 Å². The summed E-state index contributed by atoms with van der Waals surface area (Å²) in [5.41, 5.74) is 3.89. The van der Waals surface area contributed by atoms with E-state index in [1.54, 1.807) is 24.0 Å². The molecule has 1 N–H and O–H groups in total. The lowest BCUT2D eigenvalue weighted by molar-refractivity contribution is -0.115. The van der Waals surface area contributed by atoms with Crippen molar-refractivity contribution in [3.8, 4) is 5.95 Å². The van der Waals surface area contributed by atoms with Gasteiger partial charge in [-0.3, -0.25) is 4.79 Å². The molecule has 0 radical (unpaired) electrons. The van der Waals surface area contributed by atoms with Crippen molar-refractivity contribution in [1.29, 1.82) is 0 Å². The van der Waals surface area contributed by atoms with E-state index < -0.39 is 0 Å². The van der Waals surface area contributed by atoms with E-state index in [0.717, 1.165) is 22.6 Å². The molecule has 0 fully saturated rings. The van der Waals surface area contributed by atoms with Crippen molar-refractivity contribution < 1.29 is 9.32 Å². The summed E-state index contributed by atoms with van der Waals surface area (Å²) in [7, 11) is 0. The Morgan fingerprint density at radius 3 is 2.46 bits per heavy atom. The number of carbonyl (C=O) groups is 1. The Hall–Kier alpha value is -3.03. The molecule has 3 heterocycles. The first-order chi connectivity index (χ1) is 11.4. The van der Waals surface area contributed by atoms with Crippen molar-refractivity contribution in [2.24, 2.45) is 0 Å². The highest BCUT2D eigenvalue weighted by atomic mass is 16.5. The lowest BCUT2D eigenvalue weighted by Gasteiger charge is -2.06. The molecule has 0 aromatic carbocycles. The van der Waals surface area contributed by atoms with E-state index in [2.05, 4.69) is 25.5 Å². The standard InChI is InChI=1S/C16H18N6O2/c1-9-5-10(2)22(20-9)16-17-7-13(8-18-16)19-15(23)6-14-11(3)21-24-12(14)4/h5,7-8H,6H2,1-4H3,(H,19,23). The van der Waals surface area contributed by atoms with Gasteiger partial charge in [-0.2, -0.15) is 5.10 Å². The SMILES string of the molecule is Cc1cc(C)n(-c2ncc(NC(=O)Cc3c(C)noc3C)cn2)n1. The summed E-state index contributed by atoms with van der Waals surface area (Å²) in [4.78, 5) is 20.6. The number of rotatable bonds is 4. The van der Waals surface area contributed by atoms with Gasteiger partial charge in [-0.25, -0.2) is 14.6 Å². The quantitative estimate of drug-likeness (QED) is 0.788. The lowest BCUT2D eigenvalue weighted by atomic mass is 10.1. The maximum absolute atomic E-state index is 12.1. The molecule has 0 atom stereocenters. The fraction of sp³-hybridized carbons (Fsp3) is 0.312. The molecule has 0 aliphatic carbocycles. The number of nitrogens with one attached hydrogen (secondary N) is 1. The van der Waals surface area contributed by atoms with Gasteiger partial charge >= 0.3 is 0 Å². The van der Waals surface area contributed by atoms with Gasteiger partial charge in [-0.1, -0.05) is 5.16 Å². The van der Waals surface area contributed by atoms with Crippen LogP contribution in [0.3, 0.4) is 0 Å². The molecule has 8 nitrogen and oxygen atoms in total. The number of aromatic nitrogens is 5. The molecule has 0 aliphatic heterocycles. The summed E-state index contributed by atoms with van der Waals surface area (Å²) in [5, 5.41) is 10.9. The monoisotopic (exact) mass is 326 g/mol. The third-order valence-corrected chi connectivity index (χ3v) is 3.64. The van der Waals surface area contributed by atoms with Crippen LogP contribution in [-0.4, -0.2) is 30.8 Å². The fourth-order valence-electron chi connectivity index (χ4n) is 2.45. The van der Waals surface area contributed by atoms with Gasteiger partial charge in [0.15, 0.2) is 0 Å². The van der Waals surface area contributed by atoms with E-state index in [-0.39, 0.29) is 12.3 Å². The second kappa shape index (κ2) is 6.23. The van der Waals surface area contributed by atoms with Crippen LogP contribution in [0.5, 0.6) is 0 Å². The van der Waals surface area contributed by atoms with Gasteiger partial charge in [0.05, 0.1) is 35.9 Å². The number of hydrogen-bond donors (Lipinski definition) is 1. The average Bonchev–Trinajstić information content (AvgIpc) is 3.04. The topological polar surface area (TPSA) is 98.7 Å². The number of amides is 1. The molecular weight excluding hydrogens is 308 g/mol. The number of nitrogens with zero attached hydrogens (tertiary/aromatic N) is 5. The van der Waals surface area contributed by atoms with Crippen LogP contribution in [0.1, 0.15) is 28.4 Å². The van der Waals surface area contributed by atoms with E-state index in [4.69, 9.17) is 4.52 Å². The number of hydrogen-bond acceptors (Lipinski definition) is 6. The third kappa shape index (κ3) is 3.17. The first-order valence-corrected chi connectivity index (χ1v) is 7.51. The van der Waals surface area contributed by atoms with E-state index in [0.29, 0.717) is 17.4 Å². The van der Waals surface area contributed by atoms with Crippen molar-refractivity contribution in [3.05, 3.63) is 46.9 Å². The molecule has 24 heavy (non-hydrogen) atoms. The van der Waals surface area contributed by atoms with Gasteiger partial charge in [-0.15, -0.1) is 0 Å². The van der Waals surface area contributed by atoms with Crippen molar-refractivity contribution in [2.75, 3.05) is 5.32 Å². The molecule has 8 heteroatoms. The predicted octanol–water partition coefficient (Wildman–Crippen LogP) is 2.07. The summed E-state index contributed by atoms with van der Waals surface area (Å²) < 4.78 is 6.72. The summed E-state index contributed by atoms with van der Waals surface area (Å²) >= 11 is 0. The molecule has 1 amide bonds. The normalized spacial score (nSPS) is 10.8. The highest BCUT2D eigenvalue weighted by Gasteiger charge is 2.14. The molecular formula is C16H18N6O2. The minimum Gasteiger partial charge on any atom is -0.361 e. The molecule has 0 saturated carbocycles. The maximum Gasteiger partial charge on any atom is 0.250 e. The fourth-order valence-corrected chi connectivity index (χ4v) is 2.45. The van der Waals surface area contributed by atoms with Crippen LogP contribution in [-0.2, 0) is 11.2 Å². The molecule has 0 aliphatic rings. The van der Waals surface area contributed by atoms with Gasteiger partial charge in [0.2, 0.25) is 5.91 Å². The molecule has 124 valence electrons. The second-order valence-corrected chi connectivity index (χ2v) is 5.64. The van der Waals surface area contributed by atoms with Crippen molar-refractivity contribution in [1.82, 2.24) is 24.9 Å². The van der Waals surface area contributed by atoms with Crippen LogP contribution in [0.4, 0.5) is 5.69 Å². The Bertz CT molecular complexity index is 859. The zero-order valence-corrected chi connectivity index (χ0v) is 14.0. The first-order valence-electron chi connectivity index (χ1n) is 7.51. The first kappa shape index (κ1) is 15.9. The van der Waals surface area contributed by atoms with E-state index in [9.17, 15) is 4.79 Å². The average molecular weight is 326 g/mol. The van der Waals surface area contributed by atoms with Crippen LogP contribution in [0.2, 0.25) is 0 Å². The van der Waals surface area contributed by atoms with E-state index >= 15 is 0 Å². The predicted molar refractivity (Wildman–Crippen MR) is 86.9 cm³/mol. The number of aryl methyl sites for hydroxylation is 4. The van der Waals surface area contributed by atoms with Crippen LogP contribution >= 0.6 is 0 Å². The van der Waals surface area contributed by atoms with Crippen LogP contribution in [0.15, 0.2) is 23.0 Å². The Balaban J connectivity index is 1.70. The van der Waals surface area contributed by atoms with Gasteiger partial charge in [0, 0.05) is 11.3 Å². The smallest absolute Gasteiger partial charge is 0.250 e. The molecule has 0 unspecified atom stereocenters. The summed E-state index contributed by atoms with van der Waals surface area (Å²) in [6, 6.07) is 1.95. The molecule has 3 aromatic heterocycles. The number of anilines is 1. The van der Waals surface area contributed by atoms with Crippen LogP contribution in [0, 0.1) is 27.7 Å². The zero-order valence-electron chi connectivity index (χ0n) is 14.0. The van der Waals surface area contributed by atoms with Crippen LogP contribution in [0.25, 0.3) is 5.95 Å². The summed E-state index contributed by atoms with van der Waals surface area (Å²) in [5.74, 6) is 0.940. The minimum atomic E-state index is -0.174. The largest absolute Gasteiger partial charge is 0.361 e. The third-order valence-electron chi connectivity index (χ3n) is 3.64.